The van der Waals surface area contributed by atoms with E-state index in [0.29, 0.717) is 48.3 Å². The zero-order chi connectivity index (χ0) is 25.2. The molecule has 3 N–H and O–H groups in total. The molecule has 0 aromatic carbocycles. The van der Waals surface area contributed by atoms with Gasteiger partial charge in [-0.05, 0) is 71.3 Å². The van der Waals surface area contributed by atoms with Crippen molar-refractivity contribution in [3.05, 3.63) is 0 Å². The van der Waals surface area contributed by atoms with Gasteiger partial charge in [0.15, 0.2) is 0 Å². The van der Waals surface area contributed by atoms with Crippen LogP contribution in [0.2, 0.25) is 0 Å². The minimum Gasteiger partial charge on any atom is -0.380 e. The van der Waals surface area contributed by atoms with E-state index in [2.05, 4.69) is 44.6 Å². The lowest BCUT2D eigenvalue weighted by molar-refractivity contribution is -0.131. The van der Waals surface area contributed by atoms with Gasteiger partial charge in [0.1, 0.15) is 0 Å². The molecule has 0 aromatic heterocycles. The second-order valence-corrected chi connectivity index (χ2v) is 12.6. The Morgan fingerprint density at radius 1 is 0.917 bits per heavy atom. The first-order valence-electron chi connectivity index (χ1n) is 14.9. The van der Waals surface area contributed by atoms with Gasteiger partial charge >= 0.3 is 0 Å². The second-order valence-electron chi connectivity index (χ2n) is 12.6. The third kappa shape index (κ3) is 6.10. The summed E-state index contributed by atoms with van der Waals surface area (Å²) >= 11 is 0. The van der Waals surface area contributed by atoms with E-state index in [-0.39, 0.29) is 12.0 Å². The molecule has 5 aliphatic rings. The van der Waals surface area contributed by atoms with Crippen LogP contribution in [0.15, 0.2) is 0 Å². The molecule has 3 aliphatic heterocycles. The highest BCUT2D eigenvalue weighted by atomic mass is 16.5. The number of hydrogen-bond donors (Lipinski definition) is 3. The number of hydrogen-bond acceptors (Lipinski definition) is 7. The van der Waals surface area contributed by atoms with Crippen molar-refractivity contribution in [2.45, 2.75) is 120 Å². The topological polar surface area (TPSA) is 72.1 Å². The summed E-state index contributed by atoms with van der Waals surface area (Å²) in [5, 5.41) is 11.9. The molecule has 2 aliphatic carbocycles. The summed E-state index contributed by atoms with van der Waals surface area (Å²) in [6.07, 6.45) is 11.4. The van der Waals surface area contributed by atoms with Gasteiger partial charge < -0.3 is 19.9 Å². The van der Waals surface area contributed by atoms with Gasteiger partial charge in [-0.2, -0.15) is 0 Å². The fourth-order valence-electron chi connectivity index (χ4n) is 8.24. The van der Waals surface area contributed by atoms with Gasteiger partial charge in [-0.25, -0.2) is 0 Å². The Bertz CT molecular complexity index is 731. The quantitative estimate of drug-likeness (QED) is 0.508. The first-order valence-corrected chi connectivity index (χ1v) is 14.9. The predicted octanol–water partition coefficient (Wildman–Crippen LogP) is 1.61. The Morgan fingerprint density at radius 3 is 2.47 bits per heavy atom. The van der Waals surface area contributed by atoms with E-state index >= 15 is 0 Å². The van der Waals surface area contributed by atoms with Crippen LogP contribution in [0.3, 0.4) is 0 Å². The highest BCUT2D eigenvalue weighted by molar-refractivity contribution is 5.74. The van der Waals surface area contributed by atoms with E-state index < -0.39 is 0 Å². The van der Waals surface area contributed by atoms with Crippen molar-refractivity contribution in [2.75, 3.05) is 46.9 Å². The first-order chi connectivity index (χ1) is 17.4. The average molecular weight is 505 g/mol. The zero-order valence-electron chi connectivity index (χ0n) is 23.3. The zero-order valence-corrected chi connectivity index (χ0v) is 23.3. The number of carbonyl (C=O) groups excluding carboxylic acids is 1. The Labute approximate surface area is 219 Å². The second kappa shape index (κ2) is 12.0. The largest absolute Gasteiger partial charge is 0.380 e. The highest BCUT2D eigenvalue weighted by Crippen LogP contribution is 2.37. The van der Waals surface area contributed by atoms with Crippen molar-refractivity contribution in [3.8, 4) is 0 Å². The molecule has 5 fully saturated rings. The fraction of sp³-hybridized carbons (Fsp3) is 0.964. The summed E-state index contributed by atoms with van der Waals surface area (Å²) in [5.74, 6) is 0.943. The summed E-state index contributed by atoms with van der Waals surface area (Å²) in [6.45, 7) is 9.77. The van der Waals surface area contributed by atoms with E-state index in [1.807, 2.05) is 7.11 Å². The number of ether oxygens (including phenoxy) is 1. The van der Waals surface area contributed by atoms with E-state index in [1.54, 1.807) is 6.92 Å². The van der Waals surface area contributed by atoms with Crippen LogP contribution in [0, 0.1) is 5.92 Å². The maximum Gasteiger partial charge on any atom is 0.219 e. The molecular weight excluding hydrogens is 452 g/mol. The van der Waals surface area contributed by atoms with Crippen LogP contribution in [-0.4, -0.2) is 116 Å². The number of amides is 1. The Hall–Kier alpha value is -0.770. The van der Waals surface area contributed by atoms with Crippen molar-refractivity contribution in [1.29, 1.82) is 0 Å². The van der Waals surface area contributed by atoms with Crippen molar-refractivity contribution in [1.82, 2.24) is 30.7 Å². The number of carbonyl (C=O) groups is 1. The molecule has 2 saturated carbocycles. The summed E-state index contributed by atoms with van der Waals surface area (Å²) in [5.41, 5.74) is 0. The normalized spacial score (nSPS) is 42.9. The van der Waals surface area contributed by atoms with Crippen LogP contribution in [-0.2, 0) is 9.53 Å². The van der Waals surface area contributed by atoms with Gasteiger partial charge in [0.05, 0.1) is 12.3 Å². The molecule has 36 heavy (non-hydrogen) atoms. The van der Waals surface area contributed by atoms with Crippen molar-refractivity contribution < 1.29 is 9.53 Å². The summed E-state index contributed by atoms with van der Waals surface area (Å²) in [7, 11) is 4.13. The van der Waals surface area contributed by atoms with Crippen LogP contribution in [0.25, 0.3) is 0 Å². The molecule has 0 aromatic rings. The highest BCUT2D eigenvalue weighted by Gasteiger charge is 2.44. The Kier molecular flexibility index (Phi) is 8.91. The molecule has 5 rings (SSSR count). The lowest BCUT2D eigenvalue weighted by atomic mass is 9.80. The number of methoxy groups -OCH3 is 1. The maximum atomic E-state index is 12.3. The minimum absolute atomic E-state index is 0.257. The Balaban J connectivity index is 1.16. The molecule has 9 atom stereocenters. The summed E-state index contributed by atoms with van der Waals surface area (Å²) < 4.78 is 6.06. The first kappa shape index (κ1) is 26.8. The third-order valence-corrected chi connectivity index (χ3v) is 10.1. The average Bonchev–Trinajstić information content (AvgIpc) is 3.30. The molecular formula is C28H52N6O2. The van der Waals surface area contributed by atoms with Gasteiger partial charge in [0, 0.05) is 83.0 Å². The van der Waals surface area contributed by atoms with E-state index in [1.165, 1.54) is 64.7 Å². The number of likely N-dealkylation sites (tertiary alicyclic amines) is 1. The molecule has 206 valence electrons. The summed E-state index contributed by atoms with van der Waals surface area (Å²) in [6, 6.07) is 2.86. The number of fused-ring (bicyclic) bond motifs is 1. The molecule has 9 unspecified atom stereocenters. The molecule has 0 spiro atoms. The molecule has 8 nitrogen and oxygen atoms in total. The number of nitrogens with zero attached hydrogens (tertiary/aromatic N) is 3. The van der Waals surface area contributed by atoms with Crippen LogP contribution >= 0.6 is 0 Å². The molecule has 0 bridgehead atoms. The number of rotatable bonds is 6. The number of likely N-dealkylation sites (N-methyl/N-ethyl adjacent to an activating group) is 1. The summed E-state index contributed by atoms with van der Waals surface area (Å²) in [4.78, 5) is 19.6. The smallest absolute Gasteiger partial charge is 0.219 e. The van der Waals surface area contributed by atoms with Crippen LogP contribution in [0.4, 0.5) is 0 Å². The maximum absolute atomic E-state index is 12.3. The van der Waals surface area contributed by atoms with Gasteiger partial charge in [-0.3, -0.25) is 20.3 Å². The molecule has 0 radical (unpaired) electrons. The van der Waals surface area contributed by atoms with Crippen LogP contribution < -0.4 is 16.0 Å². The molecule has 3 heterocycles. The molecule has 8 heteroatoms. The van der Waals surface area contributed by atoms with Crippen molar-refractivity contribution in [2.24, 2.45) is 5.92 Å². The lowest BCUT2D eigenvalue weighted by Gasteiger charge is -2.46. The standard InChI is InChI=1S/C28H52N6O2/c1-19-16-22(30-25-7-5-6-21-10-11-34(20(2)35)28(21)25)17-27(29-19)31-24-9-8-23(18-26(24)36-4)33-14-12-32(3)13-15-33/h19,21-31H,5-18H2,1-4H3. The monoisotopic (exact) mass is 504 g/mol. The Morgan fingerprint density at radius 2 is 1.72 bits per heavy atom. The SMILES string of the molecule is COC1CC(N2CCN(C)CC2)CCC1NC1CC(NC2CCCC3CCN(C(C)=O)C32)CC(C)N1. The van der Waals surface area contributed by atoms with Gasteiger partial charge in [-0.1, -0.05) is 6.42 Å². The van der Waals surface area contributed by atoms with E-state index in [4.69, 9.17) is 4.74 Å². The fourth-order valence-corrected chi connectivity index (χ4v) is 8.24. The van der Waals surface area contributed by atoms with Crippen molar-refractivity contribution in [3.63, 3.8) is 0 Å². The number of piperazine rings is 1. The number of piperidine rings is 1. The van der Waals surface area contributed by atoms with E-state index in [9.17, 15) is 4.79 Å². The third-order valence-electron chi connectivity index (χ3n) is 10.1. The molecule has 3 saturated heterocycles. The van der Waals surface area contributed by atoms with Crippen LogP contribution in [0.5, 0.6) is 0 Å². The number of nitrogens with one attached hydrogen (secondary N) is 3. The van der Waals surface area contributed by atoms with Gasteiger partial charge in [0.2, 0.25) is 5.91 Å². The van der Waals surface area contributed by atoms with Crippen molar-refractivity contribution >= 4 is 5.91 Å². The molecule has 1 amide bonds. The van der Waals surface area contributed by atoms with E-state index in [0.717, 1.165) is 25.8 Å². The predicted molar refractivity (Wildman–Crippen MR) is 144 cm³/mol. The van der Waals surface area contributed by atoms with Crippen LogP contribution in [0.1, 0.15) is 71.6 Å². The van der Waals surface area contributed by atoms with Gasteiger partial charge in [0.25, 0.3) is 0 Å². The lowest BCUT2D eigenvalue weighted by Crippen LogP contribution is -2.63. The minimum atomic E-state index is 0.257. The van der Waals surface area contributed by atoms with Gasteiger partial charge in [-0.15, -0.1) is 0 Å².